The standard InChI is InChI=1S/Cl4Si.I4Si/c2*1-5(2,3)4. The van der Waals surface area contributed by atoms with Gasteiger partial charge >= 0.3 is 3.37 Å². The summed E-state index contributed by atoms with van der Waals surface area (Å²) in [5.41, 5.74) is 0. The molecule has 0 aromatic heterocycles. The van der Waals surface area contributed by atoms with Gasteiger partial charge in [-0.1, -0.05) is 87.2 Å². The summed E-state index contributed by atoms with van der Waals surface area (Å²) in [4.78, 5) is 0. The number of hydrogen-bond acceptors (Lipinski definition) is 0. The van der Waals surface area contributed by atoms with Gasteiger partial charge in [-0.2, -0.15) is 0 Å². The topological polar surface area (TPSA) is 0 Å². The van der Waals surface area contributed by atoms with Gasteiger partial charge in [-0.05, 0) is 0 Å². The third kappa shape index (κ3) is 81.4. The van der Waals surface area contributed by atoms with Crippen molar-refractivity contribution < 1.29 is 0 Å². The Morgan fingerprint density at radius 1 is 0.700 bits per heavy atom. The minimum Gasteiger partial charge on any atom is -0.110 e. The lowest BCUT2D eigenvalue weighted by atomic mass is 27.6. The molecule has 0 amide bonds. The van der Waals surface area contributed by atoms with E-state index in [4.69, 9.17) is 44.3 Å². The molecular weight excluding hydrogens is 706 g/mol. The van der Waals surface area contributed by atoms with Crippen LogP contribution >= 0.6 is 132 Å². The molecule has 0 fully saturated rings. The average molecular weight is 706 g/mol. The molecule has 0 rings (SSSR count). The molecule has 0 aromatic rings. The highest BCUT2D eigenvalue weighted by molar-refractivity contribution is 14.5. The molecule has 0 unspecified atom stereocenters. The van der Waals surface area contributed by atoms with Crippen molar-refractivity contribution in [2.75, 3.05) is 0 Å². The van der Waals surface area contributed by atoms with E-state index in [1.165, 1.54) is 0 Å². The first-order chi connectivity index (χ1) is 4.00. The van der Waals surface area contributed by atoms with E-state index in [1.54, 1.807) is 0 Å². The summed E-state index contributed by atoms with van der Waals surface area (Å²) < 4.78 is -0.731. The minimum absolute atomic E-state index is 0.731. The van der Waals surface area contributed by atoms with Crippen LogP contribution in [-0.2, 0) is 0 Å². The van der Waals surface area contributed by atoms with Crippen LogP contribution in [0, 0.1) is 0 Å². The van der Waals surface area contributed by atoms with Crippen LogP contribution in [0.15, 0.2) is 0 Å². The molecule has 0 radical (unpaired) electrons. The van der Waals surface area contributed by atoms with Gasteiger partial charge in [0.25, 0.3) is 0 Å². The van der Waals surface area contributed by atoms with Gasteiger partial charge in [-0.25, -0.2) is 0 Å². The molecule has 0 N–H and O–H groups in total. The maximum absolute atomic E-state index is 4.97. The van der Waals surface area contributed by atoms with Crippen molar-refractivity contribution >= 4 is 135 Å². The van der Waals surface area contributed by atoms with Crippen molar-refractivity contribution in [1.82, 2.24) is 0 Å². The maximum Gasteiger partial charge on any atom is 0.440 e. The smallest absolute Gasteiger partial charge is 0.110 e. The molecule has 0 spiro atoms. The molecule has 0 aliphatic carbocycles. The summed E-state index contributed by atoms with van der Waals surface area (Å²) >= 11 is 29.8. The molecule has 0 heterocycles. The highest BCUT2D eigenvalue weighted by Crippen LogP contribution is 2.35. The zero-order valence-corrected chi connectivity index (χ0v) is 17.7. The molecule has 64 valence electrons. The fraction of sp³-hybridized carbons (Fsp3) is 0. The van der Waals surface area contributed by atoms with Crippen LogP contribution in [0.25, 0.3) is 0 Å². The molecule has 0 aliphatic heterocycles. The molecule has 0 saturated carbocycles. The zero-order valence-electron chi connectivity index (χ0n) is 4.02. The summed E-state index contributed by atoms with van der Waals surface area (Å²) in [5, 5.41) is -2.72. The highest BCUT2D eigenvalue weighted by Gasteiger charge is 2.19. The zero-order chi connectivity index (χ0) is 9.00. The number of rotatable bonds is 0. The lowest BCUT2D eigenvalue weighted by Crippen LogP contribution is -1.91. The Kier molecular flexibility index (Phi) is 13.1. The second-order valence-corrected chi connectivity index (χ2v) is 69.4. The SMILES string of the molecule is Cl[Si](Cl)(Cl)Cl.I[Si](I)(I)I. The van der Waals surface area contributed by atoms with E-state index in [2.05, 4.69) is 87.2 Å². The van der Waals surface area contributed by atoms with Gasteiger partial charge in [0.05, 0.1) is 0 Å². The molecule has 0 saturated heterocycles. The molecular formula is Cl4I4Si2. The van der Waals surface area contributed by atoms with Crippen LogP contribution in [0.1, 0.15) is 0 Å². The first kappa shape index (κ1) is 16.9. The van der Waals surface area contributed by atoms with Crippen LogP contribution in [0.2, 0.25) is 0 Å². The van der Waals surface area contributed by atoms with Gasteiger partial charge in [0.1, 0.15) is 0 Å². The van der Waals surface area contributed by atoms with Gasteiger partial charge in [-0.3, -0.25) is 0 Å². The van der Waals surface area contributed by atoms with Crippen LogP contribution in [0.3, 0.4) is 0 Å². The van der Waals surface area contributed by atoms with Crippen LogP contribution in [0.4, 0.5) is 0 Å². The molecule has 0 atom stereocenters. The maximum atomic E-state index is 4.97. The molecule has 0 bridgehead atoms. The molecule has 0 aromatic carbocycles. The highest BCUT2D eigenvalue weighted by atomic mass is 127. The van der Waals surface area contributed by atoms with E-state index < -0.39 is 3.37 Å². The largest absolute Gasteiger partial charge is 0.440 e. The van der Waals surface area contributed by atoms with E-state index in [0.717, 1.165) is 0 Å². The van der Waals surface area contributed by atoms with E-state index in [-0.39, 0.29) is 0 Å². The van der Waals surface area contributed by atoms with Crippen LogP contribution in [-0.4, -0.2) is 3.37 Å². The second-order valence-electron chi connectivity index (χ2n) is 0.857. The third-order valence-corrected chi connectivity index (χ3v) is 0. The predicted molar refractivity (Wildman–Crippen MR) is 91.0 cm³/mol. The summed E-state index contributed by atoms with van der Waals surface area (Å²) in [5.74, 6) is 0. The fourth-order valence-corrected chi connectivity index (χ4v) is 0. The molecule has 0 aliphatic rings. The van der Waals surface area contributed by atoms with Crippen LogP contribution < -0.4 is 0 Å². The van der Waals surface area contributed by atoms with E-state index >= 15 is 0 Å². The van der Waals surface area contributed by atoms with Gasteiger partial charge in [-0.15, -0.1) is 44.3 Å². The number of hydrogen-bond donors (Lipinski definition) is 0. The molecule has 0 nitrogen and oxygen atoms in total. The lowest BCUT2D eigenvalue weighted by Gasteiger charge is -1.89. The predicted octanol–water partition coefficient (Wildman–Crippen LogP) is 5.54. The Bertz CT molecular complexity index is 58.2. The second kappa shape index (κ2) is 7.76. The van der Waals surface area contributed by atoms with Crippen molar-refractivity contribution in [2.24, 2.45) is 0 Å². The average Bonchev–Trinajstić information content (AvgIpc) is 1.12. The Morgan fingerprint density at radius 2 is 0.700 bits per heavy atom. The Hall–Kier alpha value is 4.51. The van der Waals surface area contributed by atoms with Crippen molar-refractivity contribution in [3.05, 3.63) is 0 Å². The summed E-state index contributed by atoms with van der Waals surface area (Å²) in [6, 6.07) is 0. The Balaban J connectivity index is 0. The van der Waals surface area contributed by atoms with Gasteiger partial charge in [0.15, 0.2) is 0 Å². The lowest BCUT2D eigenvalue weighted by molar-refractivity contribution is 3.80. The van der Waals surface area contributed by atoms with Crippen molar-refractivity contribution in [3.63, 3.8) is 0 Å². The monoisotopic (exact) mass is 703 g/mol. The summed E-state index contributed by atoms with van der Waals surface area (Å²) in [7, 11) is 0. The summed E-state index contributed by atoms with van der Waals surface area (Å²) in [6.07, 6.45) is 0. The van der Waals surface area contributed by atoms with E-state index in [0.29, 0.717) is 0 Å². The fourth-order valence-electron chi connectivity index (χ4n) is 0. The first-order valence-corrected chi connectivity index (χ1v) is 22.0. The quantitative estimate of drug-likeness (QED) is 0.177. The minimum atomic E-state index is -2.72. The van der Waals surface area contributed by atoms with E-state index in [9.17, 15) is 0 Å². The van der Waals surface area contributed by atoms with Gasteiger partial charge in [0, 0.05) is 0 Å². The van der Waals surface area contributed by atoms with Crippen LogP contribution in [0.5, 0.6) is 0 Å². The summed E-state index contributed by atoms with van der Waals surface area (Å²) in [6.45, 7) is 0. The van der Waals surface area contributed by atoms with Crippen molar-refractivity contribution in [1.29, 1.82) is 0 Å². The molecule has 10 heteroatoms. The van der Waals surface area contributed by atoms with Gasteiger partial charge in [0.2, 0.25) is 0 Å². The van der Waals surface area contributed by atoms with E-state index in [1.807, 2.05) is 0 Å². The van der Waals surface area contributed by atoms with Crippen molar-refractivity contribution in [2.45, 2.75) is 0 Å². The normalized spacial score (nSPS) is 12.0. The first-order valence-electron chi connectivity index (χ1n) is 1.51. The van der Waals surface area contributed by atoms with Gasteiger partial charge < -0.3 is 0 Å². The van der Waals surface area contributed by atoms with Crippen molar-refractivity contribution in [3.8, 4) is 0 Å². The molecule has 10 heavy (non-hydrogen) atoms. The third-order valence-electron chi connectivity index (χ3n) is 0. The Morgan fingerprint density at radius 3 is 0.700 bits per heavy atom. The Labute approximate surface area is 132 Å². The number of halogens is 8.